The molecule has 0 aromatic heterocycles. The van der Waals surface area contributed by atoms with Crippen LogP contribution in [0, 0.1) is 15.0 Å². The first-order chi connectivity index (χ1) is 7.81. The Balaban J connectivity index is 3.13. The van der Waals surface area contributed by atoms with E-state index >= 15 is 0 Å². The summed E-state index contributed by atoms with van der Waals surface area (Å²) in [6.07, 6.45) is 0. The second kappa shape index (κ2) is 5.69. The van der Waals surface area contributed by atoms with Gasteiger partial charge in [-0.3, -0.25) is 0 Å². The minimum absolute atomic E-state index is 0.320. The minimum atomic E-state index is -1.39. The molecule has 0 N–H and O–H groups in total. The number of ether oxygens (including phenoxy) is 1. The number of benzene rings is 1. The van der Waals surface area contributed by atoms with Crippen molar-refractivity contribution < 1.29 is 9.53 Å². The van der Waals surface area contributed by atoms with Crippen LogP contribution in [-0.2, 0) is 4.74 Å². The molecule has 4 heteroatoms. The fourth-order valence-electron chi connectivity index (χ4n) is 1.16. The lowest BCUT2D eigenvalue weighted by Gasteiger charge is -2.04. The van der Waals surface area contributed by atoms with Gasteiger partial charge in [-0.25, -0.2) is 4.79 Å². The number of carbonyl (C=O) groups is 1. The summed E-state index contributed by atoms with van der Waals surface area (Å²) in [6, 6.07) is 5.55. The fourth-order valence-corrected chi connectivity index (χ4v) is 2.35. The SMILES string of the molecule is COC(=O)c1cc(I)cc(C#C[Si](C)(C)C)c1. The third-order valence-electron chi connectivity index (χ3n) is 1.90. The van der Waals surface area contributed by atoms with E-state index in [0.29, 0.717) is 5.56 Å². The molecule has 0 saturated carbocycles. The van der Waals surface area contributed by atoms with E-state index in [4.69, 9.17) is 4.74 Å². The first kappa shape index (κ1) is 14.3. The van der Waals surface area contributed by atoms with Gasteiger partial charge in [-0.1, -0.05) is 25.6 Å². The van der Waals surface area contributed by atoms with Gasteiger partial charge in [0.05, 0.1) is 12.7 Å². The molecule has 0 saturated heterocycles. The van der Waals surface area contributed by atoms with Crippen LogP contribution in [-0.4, -0.2) is 21.2 Å². The largest absolute Gasteiger partial charge is 0.465 e. The Morgan fingerprint density at radius 2 is 1.94 bits per heavy atom. The number of hydrogen-bond acceptors (Lipinski definition) is 2. The van der Waals surface area contributed by atoms with E-state index in [1.54, 1.807) is 12.1 Å². The quantitative estimate of drug-likeness (QED) is 0.333. The summed E-state index contributed by atoms with van der Waals surface area (Å²) < 4.78 is 5.70. The van der Waals surface area contributed by atoms with Gasteiger partial charge in [0.25, 0.3) is 0 Å². The van der Waals surface area contributed by atoms with Gasteiger partial charge in [0.15, 0.2) is 0 Å². The topological polar surface area (TPSA) is 26.3 Å². The highest BCUT2D eigenvalue weighted by atomic mass is 127. The summed E-state index contributed by atoms with van der Waals surface area (Å²) in [5.41, 5.74) is 4.71. The molecule has 17 heavy (non-hydrogen) atoms. The number of methoxy groups -OCH3 is 1. The number of halogens is 1. The Labute approximate surface area is 117 Å². The summed E-state index contributed by atoms with van der Waals surface area (Å²) in [5.74, 6) is 2.82. The molecule has 0 aliphatic rings. The Morgan fingerprint density at radius 1 is 1.29 bits per heavy atom. The molecular formula is C13H15IO2Si. The maximum absolute atomic E-state index is 11.5. The number of hydrogen-bond donors (Lipinski definition) is 0. The molecule has 1 aromatic carbocycles. The van der Waals surface area contributed by atoms with Crippen molar-refractivity contribution in [1.82, 2.24) is 0 Å². The van der Waals surface area contributed by atoms with E-state index < -0.39 is 8.07 Å². The molecule has 0 bridgehead atoms. The van der Waals surface area contributed by atoms with Crippen LogP contribution in [0.5, 0.6) is 0 Å². The molecule has 1 aromatic rings. The maximum atomic E-state index is 11.5. The van der Waals surface area contributed by atoms with Crippen molar-refractivity contribution in [2.24, 2.45) is 0 Å². The molecule has 0 aliphatic heterocycles. The van der Waals surface area contributed by atoms with Gasteiger partial charge in [0.1, 0.15) is 8.07 Å². The molecule has 0 heterocycles. The van der Waals surface area contributed by atoms with Gasteiger partial charge in [-0.05, 0) is 40.8 Å². The standard InChI is InChI=1S/C13H15IO2Si/c1-16-13(15)11-7-10(8-12(14)9-11)5-6-17(2,3)4/h7-9H,1-4H3. The van der Waals surface area contributed by atoms with E-state index in [2.05, 4.69) is 53.7 Å². The molecule has 0 fully saturated rings. The minimum Gasteiger partial charge on any atom is -0.465 e. The van der Waals surface area contributed by atoms with Crippen molar-refractivity contribution in [3.8, 4) is 11.5 Å². The summed E-state index contributed by atoms with van der Waals surface area (Å²) in [4.78, 5) is 11.5. The van der Waals surface area contributed by atoms with Gasteiger partial charge in [0, 0.05) is 9.13 Å². The third-order valence-corrected chi connectivity index (χ3v) is 3.40. The van der Waals surface area contributed by atoms with Crippen LogP contribution in [0.1, 0.15) is 15.9 Å². The Hall–Kier alpha value is -0.803. The highest BCUT2D eigenvalue weighted by Gasteiger charge is 2.09. The van der Waals surface area contributed by atoms with Crippen molar-refractivity contribution in [2.75, 3.05) is 7.11 Å². The summed E-state index contributed by atoms with van der Waals surface area (Å²) in [7, 11) is -0.00547. The van der Waals surface area contributed by atoms with E-state index in [9.17, 15) is 4.79 Å². The van der Waals surface area contributed by atoms with Crippen LogP contribution in [0.25, 0.3) is 0 Å². The number of esters is 1. The van der Waals surface area contributed by atoms with Crippen LogP contribution in [0.2, 0.25) is 19.6 Å². The van der Waals surface area contributed by atoms with Crippen LogP contribution < -0.4 is 0 Å². The second-order valence-corrected chi connectivity index (χ2v) is 10.7. The van der Waals surface area contributed by atoms with E-state index in [1.807, 2.05) is 6.07 Å². The zero-order chi connectivity index (χ0) is 13.1. The lowest BCUT2D eigenvalue weighted by molar-refractivity contribution is 0.0600. The molecule has 2 nitrogen and oxygen atoms in total. The van der Waals surface area contributed by atoms with Crippen LogP contribution in [0.4, 0.5) is 0 Å². The zero-order valence-corrected chi connectivity index (χ0v) is 13.6. The molecule has 0 radical (unpaired) electrons. The summed E-state index contributed by atoms with van der Waals surface area (Å²) >= 11 is 2.18. The smallest absolute Gasteiger partial charge is 0.337 e. The van der Waals surface area contributed by atoms with Crippen LogP contribution in [0.3, 0.4) is 0 Å². The molecular weight excluding hydrogens is 343 g/mol. The lowest BCUT2D eigenvalue weighted by atomic mass is 10.1. The predicted molar refractivity (Wildman–Crippen MR) is 80.7 cm³/mol. The van der Waals surface area contributed by atoms with Crippen LogP contribution >= 0.6 is 22.6 Å². The maximum Gasteiger partial charge on any atom is 0.337 e. The Morgan fingerprint density at radius 3 is 2.47 bits per heavy atom. The predicted octanol–water partition coefficient (Wildman–Crippen LogP) is 3.31. The Kier molecular flexibility index (Phi) is 4.77. The molecule has 0 unspecified atom stereocenters. The summed E-state index contributed by atoms with van der Waals surface area (Å²) in [6.45, 7) is 6.57. The van der Waals surface area contributed by atoms with Crippen molar-refractivity contribution in [3.63, 3.8) is 0 Å². The normalized spacial score (nSPS) is 10.4. The lowest BCUT2D eigenvalue weighted by Crippen LogP contribution is -2.16. The number of rotatable bonds is 1. The van der Waals surface area contributed by atoms with Gasteiger partial charge < -0.3 is 4.74 Å². The van der Waals surface area contributed by atoms with Crippen molar-refractivity contribution in [1.29, 1.82) is 0 Å². The van der Waals surface area contributed by atoms with Crippen LogP contribution in [0.15, 0.2) is 18.2 Å². The zero-order valence-electron chi connectivity index (χ0n) is 10.4. The first-order valence-corrected chi connectivity index (χ1v) is 9.82. The highest BCUT2D eigenvalue weighted by Crippen LogP contribution is 2.13. The van der Waals surface area contributed by atoms with E-state index in [1.165, 1.54) is 7.11 Å². The van der Waals surface area contributed by atoms with Crippen molar-refractivity contribution in [3.05, 3.63) is 32.9 Å². The van der Waals surface area contributed by atoms with Gasteiger partial charge in [-0.15, -0.1) is 5.54 Å². The van der Waals surface area contributed by atoms with Crippen molar-refractivity contribution >= 4 is 36.6 Å². The van der Waals surface area contributed by atoms with Gasteiger partial charge in [-0.2, -0.15) is 0 Å². The molecule has 0 aliphatic carbocycles. The van der Waals surface area contributed by atoms with Crippen molar-refractivity contribution in [2.45, 2.75) is 19.6 Å². The molecule has 0 amide bonds. The average Bonchev–Trinajstić information content (AvgIpc) is 2.23. The molecule has 90 valence electrons. The van der Waals surface area contributed by atoms with Gasteiger partial charge >= 0.3 is 5.97 Å². The van der Waals surface area contributed by atoms with Gasteiger partial charge in [0.2, 0.25) is 0 Å². The number of carbonyl (C=O) groups excluding carboxylic acids is 1. The molecule has 0 spiro atoms. The average molecular weight is 358 g/mol. The third kappa shape index (κ3) is 4.92. The highest BCUT2D eigenvalue weighted by molar-refractivity contribution is 14.1. The second-order valence-electron chi connectivity index (χ2n) is 4.72. The van der Waals surface area contributed by atoms with E-state index in [-0.39, 0.29) is 5.97 Å². The Bertz CT molecular complexity index is 492. The summed E-state index contributed by atoms with van der Waals surface area (Å²) in [5, 5.41) is 0. The monoisotopic (exact) mass is 358 g/mol. The first-order valence-electron chi connectivity index (χ1n) is 5.24. The fraction of sp³-hybridized carbons (Fsp3) is 0.308. The van der Waals surface area contributed by atoms with E-state index in [0.717, 1.165) is 9.13 Å². The molecule has 0 atom stereocenters. The molecule has 1 rings (SSSR count).